The van der Waals surface area contributed by atoms with E-state index in [-0.39, 0.29) is 5.91 Å². The minimum Gasteiger partial charge on any atom is -0.348 e. The second-order valence-electron chi connectivity index (χ2n) is 6.36. The Balaban J connectivity index is 1.55. The summed E-state index contributed by atoms with van der Waals surface area (Å²) < 4.78 is 0. The van der Waals surface area contributed by atoms with Gasteiger partial charge < -0.3 is 15.1 Å². The van der Waals surface area contributed by atoms with Gasteiger partial charge in [0, 0.05) is 45.1 Å². The Morgan fingerprint density at radius 2 is 1.88 bits per heavy atom. The first kappa shape index (κ1) is 17.4. The van der Waals surface area contributed by atoms with E-state index in [0.29, 0.717) is 18.1 Å². The maximum absolute atomic E-state index is 12.3. The molecule has 25 heavy (non-hydrogen) atoms. The number of aryl methyl sites for hydroxylation is 1. The number of carbonyl (C=O) groups excluding carboxylic acids is 1. The Hall–Kier alpha value is -2.47. The number of carbonyl (C=O) groups is 1. The Morgan fingerprint density at radius 1 is 1.16 bits per heavy atom. The van der Waals surface area contributed by atoms with E-state index in [9.17, 15) is 4.79 Å². The van der Waals surface area contributed by atoms with Crippen LogP contribution in [0.15, 0.2) is 36.7 Å². The van der Waals surface area contributed by atoms with E-state index >= 15 is 0 Å². The first-order chi connectivity index (χ1) is 12.2. The molecular formula is C19H25N5O. The standard InChI is InChI=1S/C19H25N5O/c1-3-23-7-9-24(10-8-23)19-21-13-17(14-22-19)18(25)20-12-16-6-4-5-15(2)11-16/h4-6,11,13-14H,3,7-10,12H2,1-2H3,(H,20,25). The van der Waals surface area contributed by atoms with Crippen molar-refractivity contribution in [3.8, 4) is 0 Å². The molecule has 132 valence electrons. The number of likely N-dealkylation sites (N-methyl/N-ethyl adjacent to an activating group) is 1. The van der Waals surface area contributed by atoms with Gasteiger partial charge in [-0.05, 0) is 19.0 Å². The second-order valence-corrected chi connectivity index (χ2v) is 6.36. The number of benzene rings is 1. The summed E-state index contributed by atoms with van der Waals surface area (Å²) in [5, 5.41) is 2.92. The summed E-state index contributed by atoms with van der Waals surface area (Å²) in [5.41, 5.74) is 2.76. The zero-order valence-electron chi connectivity index (χ0n) is 14.9. The third-order valence-electron chi connectivity index (χ3n) is 4.54. The van der Waals surface area contributed by atoms with Gasteiger partial charge in [-0.15, -0.1) is 0 Å². The fraction of sp³-hybridized carbons (Fsp3) is 0.421. The van der Waals surface area contributed by atoms with Gasteiger partial charge in [0.05, 0.1) is 5.56 Å². The molecule has 1 fully saturated rings. The van der Waals surface area contributed by atoms with Gasteiger partial charge in [0.1, 0.15) is 0 Å². The molecule has 1 aliphatic rings. The fourth-order valence-electron chi connectivity index (χ4n) is 2.97. The number of nitrogens with zero attached hydrogens (tertiary/aromatic N) is 4. The molecule has 0 saturated carbocycles. The Morgan fingerprint density at radius 3 is 2.52 bits per heavy atom. The Bertz CT molecular complexity index is 708. The van der Waals surface area contributed by atoms with E-state index in [4.69, 9.17) is 0 Å². The molecule has 0 atom stereocenters. The maximum atomic E-state index is 12.3. The number of nitrogens with one attached hydrogen (secondary N) is 1. The van der Waals surface area contributed by atoms with Crippen LogP contribution in [0.25, 0.3) is 0 Å². The minimum atomic E-state index is -0.149. The van der Waals surface area contributed by atoms with E-state index in [2.05, 4.69) is 38.1 Å². The lowest BCUT2D eigenvalue weighted by Crippen LogP contribution is -2.46. The molecule has 0 aliphatic carbocycles. The summed E-state index contributed by atoms with van der Waals surface area (Å²) in [4.78, 5) is 25.6. The molecule has 0 radical (unpaired) electrons. The van der Waals surface area contributed by atoms with Gasteiger partial charge in [-0.1, -0.05) is 36.8 Å². The first-order valence-corrected chi connectivity index (χ1v) is 8.79. The Labute approximate surface area is 148 Å². The number of anilines is 1. The predicted molar refractivity (Wildman–Crippen MR) is 98.7 cm³/mol. The van der Waals surface area contributed by atoms with Crippen LogP contribution < -0.4 is 10.2 Å². The first-order valence-electron chi connectivity index (χ1n) is 8.79. The summed E-state index contributed by atoms with van der Waals surface area (Å²) in [6.07, 6.45) is 3.22. The molecule has 1 aliphatic heterocycles. The van der Waals surface area contributed by atoms with Crippen molar-refractivity contribution in [2.75, 3.05) is 37.6 Å². The molecular weight excluding hydrogens is 314 g/mol. The van der Waals surface area contributed by atoms with E-state index < -0.39 is 0 Å². The molecule has 6 heteroatoms. The third-order valence-corrected chi connectivity index (χ3v) is 4.54. The quantitative estimate of drug-likeness (QED) is 0.901. The average Bonchev–Trinajstić information content (AvgIpc) is 2.66. The predicted octanol–water partition coefficient (Wildman–Crippen LogP) is 1.86. The molecule has 0 unspecified atom stereocenters. The molecule has 1 saturated heterocycles. The van der Waals surface area contributed by atoms with Crippen LogP contribution in [-0.2, 0) is 6.54 Å². The van der Waals surface area contributed by atoms with Crippen molar-refractivity contribution in [1.82, 2.24) is 20.2 Å². The van der Waals surface area contributed by atoms with Crippen LogP contribution >= 0.6 is 0 Å². The van der Waals surface area contributed by atoms with E-state index in [0.717, 1.165) is 38.3 Å². The number of hydrogen-bond acceptors (Lipinski definition) is 5. The lowest BCUT2D eigenvalue weighted by Gasteiger charge is -2.33. The largest absolute Gasteiger partial charge is 0.348 e. The molecule has 1 aromatic heterocycles. The Kier molecular flexibility index (Phi) is 5.60. The summed E-state index contributed by atoms with van der Waals surface area (Å²) >= 11 is 0. The van der Waals surface area contributed by atoms with Gasteiger partial charge >= 0.3 is 0 Å². The molecule has 2 heterocycles. The topological polar surface area (TPSA) is 61.4 Å². The molecule has 0 spiro atoms. The van der Waals surface area contributed by atoms with Crippen molar-refractivity contribution in [3.63, 3.8) is 0 Å². The van der Waals surface area contributed by atoms with Crippen LogP contribution in [0.1, 0.15) is 28.4 Å². The normalized spacial score (nSPS) is 15.2. The maximum Gasteiger partial charge on any atom is 0.254 e. The third kappa shape index (κ3) is 4.54. The van der Waals surface area contributed by atoms with E-state index in [1.54, 1.807) is 12.4 Å². The van der Waals surface area contributed by atoms with Crippen molar-refractivity contribution < 1.29 is 4.79 Å². The molecule has 0 bridgehead atoms. The van der Waals surface area contributed by atoms with Crippen LogP contribution in [0.3, 0.4) is 0 Å². The van der Waals surface area contributed by atoms with Gasteiger partial charge in [0.25, 0.3) is 5.91 Å². The lowest BCUT2D eigenvalue weighted by molar-refractivity contribution is 0.0950. The van der Waals surface area contributed by atoms with Crippen molar-refractivity contribution in [1.29, 1.82) is 0 Å². The summed E-state index contributed by atoms with van der Waals surface area (Å²) in [6.45, 7) is 9.70. The fourth-order valence-corrected chi connectivity index (χ4v) is 2.97. The molecule has 1 N–H and O–H groups in total. The van der Waals surface area contributed by atoms with E-state index in [1.807, 2.05) is 25.1 Å². The van der Waals surface area contributed by atoms with Crippen LogP contribution in [-0.4, -0.2) is 53.5 Å². The van der Waals surface area contributed by atoms with Crippen LogP contribution in [0.5, 0.6) is 0 Å². The van der Waals surface area contributed by atoms with Gasteiger partial charge in [-0.3, -0.25) is 4.79 Å². The minimum absolute atomic E-state index is 0.149. The number of aromatic nitrogens is 2. The highest BCUT2D eigenvalue weighted by Crippen LogP contribution is 2.11. The van der Waals surface area contributed by atoms with Crippen molar-refractivity contribution in [3.05, 3.63) is 53.3 Å². The summed E-state index contributed by atoms with van der Waals surface area (Å²) in [7, 11) is 0. The molecule has 2 aromatic rings. The zero-order chi connectivity index (χ0) is 17.6. The highest BCUT2D eigenvalue weighted by atomic mass is 16.1. The summed E-state index contributed by atoms with van der Waals surface area (Å²) in [5.74, 6) is 0.551. The highest BCUT2D eigenvalue weighted by molar-refractivity contribution is 5.93. The van der Waals surface area contributed by atoms with Crippen LogP contribution in [0.4, 0.5) is 5.95 Å². The number of amides is 1. The lowest BCUT2D eigenvalue weighted by atomic mass is 10.1. The average molecular weight is 339 g/mol. The second kappa shape index (κ2) is 8.07. The number of rotatable bonds is 5. The SMILES string of the molecule is CCN1CCN(c2ncc(C(=O)NCc3cccc(C)c3)cn2)CC1. The smallest absolute Gasteiger partial charge is 0.254 e. The van der Waals surface area contributed by atoms with Gasteiger partial charge in [-0.2, -0.15) is 0 Å². The summed E-state index contributed by atoms with van der Waals surface area (Å²) in [6, 6.07) is 8.10. The highest BCUT2D eigenvalue weighted by Gasteiger charge is 2.18. The number of hydrogen-bond donors (Lipinski definition) is 1. The van der Waals surface area contributed by atoms with Crippen molar-refractivity contribution in [2.45, 2.75) is 20.4 Å². The molecule has 6 nitrogen and oxygen atoms in total. The molecule has 1 aromatic carbocycles. The van der Waals surface area contributed by atoms with Gasteiger partial charge in [0.2, 0.25) is 5.95 Å². The van der Waals surface area contributed by atoms with Crippen LogP contribution in [0, 0.1) is 6.92 Å². The van der Waals surface area contributed by atoms with Crippen molar-refractivity contribution in [2.24, 2.45) is 0 Å². The molecule has 3 rings (SSSR count). The van der Waals surface area contributed by atoms with Gasteiger partial charge in [0.15, 0.2) is 0 Å². The monoisotopic (exact) mass is 339 g/mol. The van der Waals surface area contributed by atoms with E-state index in [1.165, 1.54) is 5.56 Å². The van der Waals surface area contributed by atoms with Gasteiger partial charge in [-0.25, -0.2) is 9.97 Å². The van der Waals surface area contributed by atoms with Crippen molar-refractivity contribution >= 4 is 11.9 Å². The zero-order valence-corrected chi connectivity index (χ0v) is 14.9. The van der Waals surface area contributed by atoms with Crippen LogP contribution in [0.2, 0.25) is 0 Å². The molecule has 1 amide bonds. The number of piperazine rings is 1.